The van der Waals surface area contributed by atoms with Gasteiger partial charge in [0.15, 0.2) is 5.17 Å². The lowest BCUT2D eigenvalue weighted by molar-refractivity contribution is 0.415. The molecule has 14 heavy (non-hydrogen) atoms. The topological polar surface area (TPSA) is 24.4 Å². The number of aliphatic imine (C=N–C) groups is 1. The summed E-state index contributed by atoms with van der Waals surface area (Å²) in [4.78, 5) is 4.48. The zero-order valence-electron chi connectivity index (χ0n) is 8.66. The van der Waals surface area contributed by atoms with Crippen LogP contribution in [0.2, 0.25) is 0 Å². The highest BCUT2D eigenvalue weighted by Crippen LogP contribution is 2.22. The standard InChI is InChI=1S/C10H18N2S.BrH/c1-8-7-11-10(13-8)12-9-5-3-2-4-6-9;/h8-9H,2-7H2,1H3,(H,11,12);1H. The molecule has 1 aliphatic carbocycles. The third-order valence-corrected chi connectivity index (χ3v) is 3.76. The van der Waals surface area contributed by atoms with E-state index >= 15 is 0 Å². The van der Waals surface area contributed by atoms with Crippen LogP contribution in [0, 0.1) is 0 Å². The van der Waals surface area contributed by atoms with Crippen LogP contribution in [0.25, 0.3) is 0 Å². The van der Waals surface area contributed by atoms with Crippen LogP contribution in [0.5, 0.6) is 0 Å². The molecule has 0 aromatic rings. The first-order chi connectivity index (χ1) is 6.34. The number of amidine groups is 1. The van der Waals surface area contributed by atoms with E-state index in [2.05, 4.69) is 17.2 Å². The van der Waals surface area contributed by atoms with Crippen molar-refractivity contribution in [3.63, 3.8) is 0 Å². The molecule has 0 aromatic heterocycles. The fraction of sp³-hybridized carbons (Fsp3) is 0.900. The molecule has 0 spiro atoms. The molecule has 0 radical (unpaired) electrons. The molecule has 1 unspecified atom stereocenters. The molecule has 0 amide bonds. The lowest BCUT2D eigenvalue weighted by Crippen LogP contribution is -2.34. The van der Waals surface area contributed by atoms with Gasteiger partial charge in [0.25, 0.3) is 0 Å². The maximum atomic E-state index is 4.48. The van der Waals surface area contributed by atoms with Gasteiger partial charge in [0.05, 0.1) is 6.54 Å². The number of hydrogen-bond acceptors (Lipinski definition) is 3. The fourth-order valence-electron chi connectivity index (χ4n) is 1.98. The molecular formula is C10H19BrN2S. The van der Waals surface area contributed by atoms with Crippen LogP contribution >= 0.6 is 28.7 Å². The zero-order chi connectivity index (χ0) is 9.10. The van der Waals surface area contributed by atoms with Crippen molar-refractivity contribution >= 4 is 33.9 Å². The van der Waals surface area contributed by atoms with E-state index in [9.17, 15) is 0 Å². The Labute approximate surface area is 101 Å². The first-order valence-electron chi connectivity index (χ1n) is 5.32. The maximum absolute atomic E-state index is 4.48. The van der Waals surface area contributed by atoms with Gasteiger partial charge in [-0.3, -0.25) is 4.99 Å². The van der Waals surface area contributed by atoms with Gasteiger partial charge in [-0.25, -0.2) is 0 Å². The largest absolute Gasteiger partial charge is 0.362 e. The van der Waals surface area contributed by atoms with E-state index in [1.165, 1.54) is 37.3 Å². The zero-order valence-corrected chi connectivity index (χ0v) is 11.2. The predicted molar refractivity (Wildman–Crippen MR) is 69.7 cm³/mol. The number of hydrogen-bond donors (Lipinski definition) is 1. The number of thioether (sulfide) groups is 1. The summed E-state index contributed by atoms with van der Waals surface area (Å²) >= 11 is 1.90. The summed E-state index contributed by atoms with van der Waals surface area (Å²) in [6.45, 7) is 3.24. The molecule has 2 aliphatic rings. The molecule has 0 bridgehead atoms. The number of nitrogens with one attached hydrogen (secondary N) is 1. The van der Waals surface area contributed by atoms with Gasteiger partial charge in [-0.2, -0.15) is 0 Å². The number of rotatable bonds is 1. The van der Waals surface area contributed by atoms with Crippen LogP contribution in [-0.2, 0) is 0 Å². The highest BCUT2D eigenvalue weighted by atomic mass is 79.9. The molecule has 1 N–H and O–H groups in total. The lowest BCUT2D eigenvalue weighted by Gasteiger charge is -2.23. The van der Waals surface area contributed by atoms with Crippen LogP contribution in [0.3, 0.4) is 0 Å². The van der Waals surface area contributed by atoms with E-state index < -0.39 is 0 Å². The molecule has 4 heteroatoms. The van der Waals surface area contributed by atoms with Gasteiger partial charge in [-0.1, -0.05) is 37.9 Å². The second kappa shape index (κ2) is 6.01. The molecule has 1 saturated carbocycles. The molecule has 82 valence electrons. The minimum Gasteiger partial charge on any atom is -0.362 e. The Morgan fingerprint density at radius 1 is 1.29 bits per heavy atom. The Morgan fingerprint density at radius 2 is 2.00 bits per heavy atom. The van der Waals surface area contributed by atoms with E-state index in [1.807, 2.05) is 11.8 Å². The molecule has 1 heterocycles. The number of nitrogens with zero attached hydrogens (tertiary/aromatic N) is 1. The fourth-order valence-corrected chi connectivity index (χ4v) is 2.89. The normalized spacial score (nSPS) is 28.1. The van der Waals surface area contributed by atoms with Gasteiger partial charge in [-0.15, -0.1) is 17.0 Å². The molecular weight excluding hydrogens is 260 g/mol. The first kappa shape index (κ1) is 12.4. The third kappa shape index (κ3) is 3.46. The molecule has 0 saturated heterocycles. The lowest BCUT2D eigenvalue weighted by atomic mass is 9.96. The van der Waals surface area contributed by atoms with Gasteiger partial charge in [0.1, 0.15) is 0 Å². The van der Waals surface area contributed by atoms with Gasteiger partial charge >= 0.3 is 0 Å². The predicted octanol–water partition coefficient (Wildman–Crippen LogP) is 2.98. The quantitative estimate of drug-likeness (QED) is 0.798. The average Bonchev–Trinajstić information content (AvgIpc) is 2.53. The second-order valence-electron chi connectivity index (χ2n) is 4.05. The van der Waals surface area contributed by atoms with Crippen LogP contribution in [0.4, 0.5) is 0 Å². The second-order valence-corrected chi connectivity index (χ2v) is 5.48. The summed E-state index contributed by atoms with van der Waals surface area (Å²) in [7, 11) is 0. The van der Waals surface area contributed by atoms with Crippen LogP contribution in [0.1, 0.15) is 39.0 Å². The van der Waals surface area contributed by atoms with E-state index in [1.54, 1.807) is 0 Å². The van der Waals surface area contributed by atoms with Crippen molar-refractivity contribution < 1.29 is 0 Å². The number of halogens is 1. The van der Waals surface area contributed by atoms with E-state index in [4.69, 9.17) is 0 Å². The molecule has 1 fully saturated rings. The van der Waals surface area contributed by atoms with Crippen LogP contribution in [-0.4, -0.2) is 23.0 Å². The van der Waals surface area contributed by atoms with Crippen molar-refractivity contribution in [2.45, 2.75) is 50.3 Å². The van der Waals surface area contributed by atoms with E-state index in [0.29, 0.717) is 11.3 Å². The molecule has 0 aromatic carbocycles. The summed E-state index contributed by atoms with van der Waals surface area (Å²) in [6.07, 6.45) is 6.90. The van der Waals surface area contributed by atoms with Crippen LogP contribution in [0.15, 0.2) is 4.99 Å². The summed E-state index contributed by atoms with van der Waals surface area (Å²) in [5, 5.41) is 5.44. The SMILES string of the molecule is Br.CC1CN=C(NC2CCCCC2)S1. The summed E-state index contributed by atoms with van der Waals surface area (Å²) in [5.74, 6) is 0. The Bertz CT molecular complexity index is 202. The van der Waals surface area contributed by atoms with Crippen molar-refractivity contribution in [3.05, 3.63) is 0 Å². The Hall–Kier alpha value is 0.300. The molecule has 1 atom stereocenters. The Balaban J connectivity index is 0.000000980. The minimum atomic E-state index is 0. The third-order valence-electron chi connectivity index (χ3n) is 2.74. The van der Waals surface area contributed by atoms with E-state index in [0.717, 1.165) is 6.54 Å². The van der Waals surface area contributed by atoms with E-state index in [-0.39, 0.29) is 17.0 Å². The Kier molecular flexibility index (Phi) is 5.31. The average molecular weight is 279 g/mol. The molecule has 2 rings (SSSR count). The van der Waals surface area contributed by atoms with Crippen molar-refractivity contribution in [1.82, 2.24) is 5.32 Å². The van der Waals surface area contributed by atoms with Gasteiger partial charge in [0.2, 0.25) is 0 Å². The van der Waals surface area contributed by atoms with Gasteiger partial charge in [-0.05, 0) is 12.8 Å². The summed E-state index contributed by atoms with van der Waals surface area (Å²) in [6, 6.07) is 0.713. The van der Waals surface area contributed by atoms with Crippen molar-refractivity contribution in [2.24, 2.45) is 4.99 Å². The first-order valence-corrected chi connectivity index (χ1v) is 6.20. The minimum absolute atomic E-state index is 0. The van der Waals surface area contributed by atoms with Crippen molar-refractivity contribution in [3.8, 4) is 0 Å². The van der Waals surface area contributed by atoms with Gasteiger partial charge < -0.3 is 5.32 Å². The Morgan fingerprint density at radius 3 is 2.57 bits per heavy atom. The highest BCUT2D eigenvalue weighted by Gasteiger charge is 2.19. The summed E-state index contributed by atoms with van der Waals surface area (Å²) in [5.41, 5.74) is 0. The van der Waals surface area contributed by atoms with Crippen molar-refractivity contribution in [2.75, 3.05) is 6.54 Å². The van der Waals surface area contributed by atoms with Crippen LogP contribution < -0.4 is 5.32 Å². The molecule has 1 aliphatic heterocycles. The van der Waals surface area contributed by atoms with Crippen molar-refractivity contribution in [1.29, 1.82) is 0 Å². The molecule has 2 nitrogen and oxygen atoms in total. The van der Waals surface area contributed by atoms with Gasteiger partial charge in [0, 0.05) is 11.3 Å². The smallest absolute Gasteiger partial charge is 0.157 e. The summed E-state index contributed by atoms with van der Waals surface area (Å²) < 4.78 is 0. The highest BCUT2D eigenvalue weighted by molar-refractivity contribution is 8.93. The monoisotopic (exact) mass is 278 g/mol. The maximum Gasteiger partial charge on any atom is 0.157 e.